The first-order chi connectivity index (χ1) is 16.1. The van der Waals surface area contributed by atoms with E-state index < -0.39 is 0 Å². The van der Waals surface area contributed by atoms with Gasteiger partial charge < -0.3 is 24.0 Å². The normalized spacial score (nSPS) is 12.0. The number of rotatable bonds is 11. The second-order valence-electron chi connectivity index (χ2n) is 7.57. The van der Waals surface area contributed by atoms with Crippen LogP contribution in [0.5, 0.6) is 11.5 Å². The number of carbonyl (C=O) groups is 2. The molecule has 7 nitrogen and oxygen atoms in total. The predicted octanol–water partition coefficient (Wildman–Crippen LogP) is 4.25. The van der Waals surface area contributed by atoms with E-state index in [0.29, 0.717) is 49.0 Å². The van der Waals surface area contributed by atoms with Crippen LogP contribution in [0.1, 0.15) is 26.5 Å². The number of amides is 2. The predicted molar refractivity (Wildman–Crippen MR) is 128 cm³/mol. The number of ether oxygens (including phenoxy) is 3. The van der Waals surface area contributed by atoms with Gasteiger partial charge >= 0.3 is 0 Å². The Morgan fingerprint density at radius 3 is 2.58 bits per heavy atom. The van der Waals surface area contributed by atoms with Crippen molar-refractivity contribution in [2.75, 3.05) is 33.6 Å². The first-order valence-corrected chi connectivity index (χ1v) is 12.4. The Morgan fingerprint density at radius 1 is 1.00 bits per heavy atom. The highest BCUT2D eigenvalue weighted by Gasteiger charge is 2.24. The van der Waals surface area contributed by atoms with E-state index in [9.17, 15) is 9.59 Å². The molecule has 0 saturated heterocycles. The second-order valence-corrected chi connectivity index (χ2v) is 9.55. The fourth-order valence-corrected chi connectivity index (χ4v) is 4.96. The molecular formula is C24H26N2O5S2. The summed E-state index contributed by atoms with van der Waals surface area (Å²) >= 11 is 2.99. The van der Waals surface area contributed by atoms with Crippen molar-refractivity contribution in [3.05, 3.63) is 68.5 Å². The summed E-state index contributed by atoms with van der Waals surface area (Å²) in [5, 5.41) is 3.86. The van der Waals surface area contributed by atoms with Gasteiger partial charge in [-0.15, -0.1) is 22.7 Å². The number of thiophene rings is 2. The molecule has 0 unspecified atom stereocenters. The Kier molecular flexibility index (Phi) is 7.98. The molecule has 0 spiro atoms. The molecule has 9 heteroatoms. The van der Waals surface area contributed by atoms with Gasteiger partial charge in [0.15, 0.2) is 11.5 Å². The molecule has 1 aromatic carbocycles. The fraction of sp³-hybridized carbons (Fsp3) is 0.333. The number of hydrogen-bond donors (Lipinski definition) is 0. The van der Waals surface area contributed by atoms with Crippen LogP contribution in [-0.2, 0) is 22.6 Å². The van der Waals surface area contributed by atoms with Crippen molar-refractivity contribution < 1.29 is 23.8 Å². The zero-order valence-electron chi connectivity index (χ0n) is 18.4. The van der Waals surface area contributed by atoms with Gasteiger partial charge in [0.05, 0.1) is 11.4 Å². The quantitative estimate of drug-likeness (QED) is 0.379. The van der Waals surface area contributed by atoms with Gasteiger partial charge in [0.25, 0.3) is 5.91 Å². The average molecular weight is 487 g/mol. The van der Waals surface area contributed by atoms with Crippen LogP contribution in [0.2, 0.25) is 0 Å². The van der Waals surface area contributed by atoms with Crippen molar-refractivity contribution in [2.45, 2.75) is 19.5 Å². The van der Waals surface area contributed by atoms with Crippen molar-refractivity contribution >= 4 is 34.5 Å². The van der Waals surface area contributed by atoms with E-state index in [-0.39, 0.29) is 25.2 Å². The van der Waals surface area contributed by atoms with Gasteiger partial charge in [-0.3, -0.25) is 9.59 Å². The fourth-order valence-electron chi connectivity index (χ4n) is 3.55. The van der Waals surface area contributed by atoms with E-state index in [1.54, 1.807) is 34.3 Å². The molecule has 33 heavy (non-hydrogen) atoms. The SMILES string of the molecule is COCCCN(CC(=O)N(Cc1ccc2c(c1)OCO2)Cc1cccs1)C(=O)c1cccs1. The summed E-state index contributed by atoms with van der Waals surface area (Å²) in [6.07, 6.45) is 0.661. The zero-order chi connectivity index (χ0) is 23.0. The average Bonchev–Trinajstić information content (AvgIpc) is 3.60. The molecule has 0 N–H and O–H groups in total. The van der Waals surface area contributed by atoms with Crippen molar-refractivity contribution in [1.29, 1.82) is 0 Å². The van der Waals surface area contributed by atoms with E-state index in [4.69, 9.17) is 14.2 Å². The highest BCUT2D eigenvalue weighted by molar-refractivity contribution is 7.12. The van der Waals surface area contributed by atoms with Crippen molar-refractivity contribution in [3.8, 4) is 11.5 Å². The van der Waals surface area contributed by atoms with E-state index >= 15 is 0 Å². The number of nitrogens with zero attached hydrogens (tertiary/aromatic N) is 2. The second kappa shape index (κ2) is 11.3. The molecule has 2 amide bonds. The van der Waals surface area contributed by atoms with Crippen LogP contribution in [0.4, 0.5) is 0 Å². The van der Waals surface area contributed by atoms with Crippen LogP contribution in [0, 0.1) is 0 Å². The third kappa shape index (κ3) is 6.13. The lowest BCUT2D eigenvalue weighted by Crippen LogP contribution is -2.42. The van der Waals surface area contributed by atoms with Crippen LogP contribution < -0.4 is 9.47 Å². The standard InChI is InChI=1S/C24H26N2O5S2/c1-29-10-4-9-25(24(28)22-6-3-12-33-22)16-23(27)26(15-19-5-2-11-32-19)14-18-7-8-20-21(13-18)31-17-30-20/h2-3,5-8,11-13H,4,9-10,14-17H2,1H3. The van der Waals surface area contributed by atoms with Gasteiger partial charge in [0.1, 0.15) is 6.54 Å². The maximum Gasteiger partial charge on any atom is 0.264 e. The van der Waals surface area contributed by atoms with Gasteiger partial charge in [0, 0.05) is 31.7 Å². The molecule has 0 atom stereocenters. The molecule has 4 rings (SSSR count). The van der Waals surface area contributed by atoms with Crippen LogP contribution >= 0.6 is 22.7 Å². The number of hydrogen-bond acceptors (Lipinski definition) is 7. The molecule has 0 radical (unpaired) electrons. The van der Waals surface area contributed by atoms with Crippen molar-refractivity contribution in [1.82, 2.24) is 9.80 Å². The number of benzene rings is 1. The molecule has 0 fully saturated rings. The van der Waals surface area contributed by atoms with Gasteiger partial charge in [-0.2, -0.15) is 0 Å². The van der Waals surface area contributed by atoms with Gasteiger partial charge in [-0.05, 0) is 47.0 Å². The number of fused-ring (bicyclic) bond motifs is 1. The van der Waals surface area contributed by atoms with E-state index in [2.05, 4.69) is 0 Å². The highest BCUT2D eigenvalue weighted by atomic mass is 32.1. The van der Waals surface area contributed by atoms with Gasteiger partial charge in [-0.1, -0.05) is 18.2 Å². The molecule has 3 heterocycles. The third-order valence-electron chi connectivity index (χ3n) is 5.21. The van der Waals surface area contributed by atoms with Crippen LogP contribution in [0.3, 0.4) is 0 Å². The summed E-state index contributed by atoms with van der Waals surface area (Å²) in [4.78, 5) is 31.6. The molecule has 3 aromatic rings. The summed E-state index contributed by atoms with van der Waals surface area (Å²) in [6.45, 7) is 2.08. The van der Waals surface area contributed by atoms with Crippen molar-refractivity contribution in [3.63, 3.8) is 0 Å². The minimum absolute atomic E-state index is 0.0103. The van der Waals surface area contributed by atoms with E-state index in [1.165, 1.54) is 11.3 Å². The molecule has 174 valence electrons. The molecule has 2 aromatic heterocycles. The summed E-state index contributed by atoms with van der Waals surface area (Å²) in [5.41, 5.74) is 0.944. The molecule has 0 saturated carbocycles. The third-order valence-corrected chi connectivity index (χ3v) is 6.93. The van der Waals surface area contributed by atoms with Crippen LogP contribution in [0.25, 0.3) is 0 Å². The number of carbonyl (C=O) groups excluding carboxylic acids is 2. The van der Waals surface area contributed by atoms with Crippen LogP contribution in [0.15, 0.2) is 53.2 Å². The summed E-state index contributed by atoms with van der Waals surface area (Å²) in [6, 6.07) is 13.3. The summed E-state index contributed by atoms with van der Waals surface area (Å²) < 4.78 is 16.0. The zero-order valence-corrected chi connectivity index (χ0v) is 20.0. The molecule has 0 aliphatic carbocycles. The van der Waals surface area contributed by atoms with Crippen LogP contribution in [-0.4, -0.2) is 55.2 Å². The number of methoxy groups -OCH3 is 1. The van der Waals surface area contributed by atoms with E-state index in [0.717, 1.165) is 10.4 Å². The summed E-state index contributed by atoms with van der Waals surface area (Å²) in [7, 11) is 1.63. The minimum Gasteiger partial charge on any atom is -0.454 e. The molecule has 1 aliphatic rings. The Bertz CT molecular complexity index is 1050. The maximum atomic E-state index is 13.5. The van der Waals surface area contributed by atoms with Gasteiger partial charge in [-0.25, -0.2) is 0 Å². The lowest BCUT2D eigenvalue weighted by molar-refractivity contribution is -0.133. The van der Waals surface area contributed by atoms with Gasteiger partial charge in [0.2, 0.25) is 12.7 Å². The monoisotopic (exact) mass is 486 g/mol. The largest absolute Gasteiger partial charge is 0.454 e. The summed E-state index contributed by atoms with van der Waals surface area (Å²) in [5.74, 6) is 1.16. The lowest BCUT2D eigenvalue weighted by Gasteiger charge is -2.27. The Hall–Kier alpha value is -2.88. The molecular weight excluding hydrogens is 460 g/mol. The minimum atomic E-state index is -0.131. The Labute approximate surface area is 201 Å². The topological polar surface area (TPSA) is 68.3 Å². The first kappa shape index (κ1) is 23.3. The molecule has 1 aliphatic heterocycles. The first-order valence-electron chi connectivity index (χ1n) is 10.6. The van der Waals surface area contributed by atoms with Crippen molar-refractivity contribution in [2.24, 2.45) is 0 Å². The van der Waals surface area contributed by atoms with E-state index in [1.807, 2.05) is 47.2 Å². The lowest BCUT2D eigenvalue weighted by atomic mass is 10.2. The maximum absolute atomic E-state index is 13.5. The Balaban J connectivity index is 1.51. The molecule has 0 bridgehead atoms. The Morgan fingerprint density at radius 2 is 1.82 bits per heavy atom. The highest BCUT2D eigenvalue weighted by Crippen LogP contribution is 2.33. The smallest absolute Gasteiger partial charge is 0.264 e.